The minimum atomic E-state index is 0.416. The van der Waals surface area contributed by atoms with Crippen LogP contribution in [0.4, 0.5) is 5.69 Å². The number of fused-ring (bicyclic) bond motifs is 1. The largest absolute Gasteiger partial charge is 0.425 e. The van der Waals surface area contributed by atoms with E-state index in [-0.39, 0.29) is 0 Å². The number of nitrogens with one attached hydrogen (secondary N) is 1. The van der Waals surface area contributed by atoms with Gasteiger partial charge in [0.25, 0.3) is 6.47 Å². The molecule has 5 nitrogen and oxygen atoms in total. The number of carbonyl (C=O) groups excluding carboxylic acids is 1. The smallest absolute Gasteiger partial charge is 0.298 e. The molecule has 0 spiro atoms. The summed E-state index contributed by atoms with van der Waals surface area (Å²) in [5.74, 6) is 1.11. The molecule has 0 aromatic carbocycles. The van der Waals surface area contributed by atoms with Crippen molar-refractivity contribution in [2.45, 2.75) is 38.6 Å². The Hall–Kier alpha value is -2.04. The van der Waals surface area contributed by atoms with E-state index in [1.165, 1.54) is 19.3 Å². The monoisotopic (exact) mass is 273 g/mol. The van der Waals surface area contributed by atoms with Gasteiger partial charge in [-0.2, -0.15) is 5.10 Å². The molecule has 0 saturated heterocycles. The summed E-state index contributed by atoms with van der Waals surface area (Å²) in [5, 5.41) is 7.79. The van der Waals surface area contributed by atoms with Crippen LogP contribution >= 0.6 is 0 Å². The zero-order valence-electron chi connectivity index (χ0n) is 11.6. The lowest BCUT2D eigenvalue weighted by Gasteiger charge is -2.30. The van der Waals surface area contributed by atoms with Gasteiger partial charge in [0.1, 0.15) is 5.69 Å². The topological polar surface area (TPSA) is 55.6 Å². The lowest BCUT2D eigenvalue weighted by Crippen LogP contribution is -2.30. The van der Waals surface area contributed by atoms with Gasteiger partial charge in [0.05, 0.1) is 11.7 Å². The van der Waals surface area contributed by atoms with Crippen LogP contribution < -0.4 is 10.1 Å². The van der Waals surface area contributed by atoms with Crippen LogP contribution in [0.5, 0.6) is 5.75 Å². The quantitative estimate of drug-likeness (QED) is 0.870. The Morgan fingerprint density at radius 2 is 2.30 bits per heavy atom. The minimum Gasteiger partial charge on any atom is -0.425 e. The molecule has 2 aromatic heterocycles. The molecule has 2 aromatic rings. The van der Waals surface area contributed by atoms with Crippen molar-refractivity contribution < 1.29 is 9.53 Å². The third-order valence-corrected chi connectivity index (χ3v) is 4.15. The molecule has 1 aliphatic carbocycles. The Kier molecular flexibility index (Phi) is 3.58. The number of nitrogens with zero attached hydrogens (tertiary/aromatic N) is 2. The summed E-state index contributed by atoms with van der Waals surface area (Å²) < 4.78 is 6.86. The summed E-state index contributed by atoms with van der Waals surface area (Å²) in [4.78, 5) is 10.7. The average Bonchev–Trinajstić information content (AvgIpc) is 2.92. The fraction of sp³-hybridized carbons (Fsp3) is 0.467. The number of hydrogen-bond donors (Lipinski definition) is 1. The maximum atomic E-state index is 10.7. The molecule has 3 rings (SSSR count). The Morgan fingerprint density at radius 1 is 1.45 bits per heavy atom. The van der Waals surface area contributed by atoms with E-state index < -0.39 is 0 Å². The Morgan fingerprint density at radius 3 is 3.10 bits per heavy atom. The fourth-order valence-electron chi connectivity index (χ4n) is 2.98. The Balaban J connectivity index is 1.96. The molecular formula is C15H19N3O2. The first-order valence-corrected chi connectivity index (χ1v) is 7.13. The summed E-state index contributed by atoms with van der Waals surface area (Å²) >= 11 is 0. The van der Waals surface area contributed by atoms with E-state index in [4.69, 9.17) is 4.74 Å². The molecular weight excluding hydrogens is 254 g/mol. The summed E-state index contributed by atoms with van der Waals surface area (Å²) in [6, 6.07) is 4.32. The van der Waals surface area contributed by atoms with Gasteiger partial charge in [0.2, 0.25) is 0 Å². The van der Waals surface area contributed by atoms with Gasteiger partial charge in [-0.25, -0.2) is 4.52 Å². The molecule has 2 atom stereocenters. The highest BCUT2D eigenvalue weighted by Crippen LogP contribution is 2.33. The van der Waals surface area contributed by atoms with Crippen LogP contribution in [0, 0.1) is 5.92 Å². The zero-order valence-corrected chi connectivity index (χ0v) is 11.6. The van der Waals surface area contributed by atoms with Crippen LogP contribution in [0.25, 0.3) is 5.52 Å². The first-order chi connectivity index (χ1) is 9.79. The van der Waals surface area contributed by atoms with Crippen LogP contribution in [0.3, 0.4) is 0 Å². The van der Waals surface area contributed by atoms with Gasteiger partial charge in [0.15, 0.2) is 5.75 Å². The number of carbonyl (C=O) groups is 1. The van der Waals surface area contributed by atoms with Crippen molar-refractivity contribution >= 4 is 17.7 Å². The van der Waals surface area contributed by atoms with E-state index in [0.29, 0.717) is 24.2 Å². The number of ether oxygens (including phenoxy) is 1. The van der Waals surface area contributed by atoms with E-state index in [1.54, 1.807) is 10.7 Å². The summed E-state index contributed by atoms with van der Waals surface area (Å²) in [6.07, 6.45) is 8.40. The zero-order chi connectivity index (χ0) is 13.9. The van der Waals surface area contributed by atoms with E-state index in [0.717, 1.165) is 17.6 Å². The first kappa shape index (κ1) is 13.0. The number of anilines is 1. The SMILES string of the molecule is CC1CCCCC1Nc1c(OC=O)cnn2cccc12. The molecule has 1 saturated carbocycles. The second kappa shape index (κ2) is 5.53. The highest BCUT2D eigenvalue weighted by Gasteiger charge is 2.23. The van der Waals surface area contributed by atoms with Crippen LogP contribution in [0.2, 0.25) is 0 Å². The van der Waals surface area contributed by atoms with Gasteiger partial charge in [-0.3, -0.25) is 4.79 Å². The lowest BCUT2D eigenvalue weighted by atomic mass is 9.86. The lowest BCUT2D eigenvalue weighted by molar-refractivity contribution is -0.120. The van der Waals surface area contributed by atoms with Crippen molar-refractivity contribution in [3.05, 3.63) is 24.5 Å². The van der Waals surface area contributed by atoms with E-state index in [2.05, 4.69) is 17.3 Å². The molecule has 0 radical (unpaired) electrons. The van der Waals surface area contributed by atoms with Crippen LogP contribution in [-0.2, 0) is 4.79 Å². The first-order valence-electron chi connectivity index (χ1n) is 7.13. The van der Waals surface area contributed by atoms with E-state index >= 15 is 0 Å². The third kappa shape index (κ3) is 2.35. The Bertz CT molecular complexity index is 608. The van der Waals surface area contributed by atoms with Gasteiger partial charge in [-0.05, 0) is 30.9 Å². The molecule has 106 valence electrons. The van der Waals surface area contributed by atoms with Gasteiger partial charge in [-0.1, -0.05) is 19.8 Å². The van der Waals surface area contributed by atoms with Crippen molar-refractivity contribution in [3.8, 4) is 5.75 Å². The normalized spacial score (nSPS) is 22.6. The highest BCUT2D eigenvalue weighted by atomic mass is 16.5. The second-order valence-electron chi connectivity index (χ2n) is 5.45. The third-order valence-electron chi connectivity index (χ3n) is 4.15. The van der Waals surface area contributed by atoms with Crippen molar-refractivity contribution in [2.75, 3.05) is 5.32 Å². The predicted octanol–water partition coefficient (Wildman–Crippen LogP) is 2.86. The molecule has 2 heterocycles. The maximum absolute atomic E-state index is 10.7. The highest BCUT2D eigenvalue weighted by molar-refractivity contribution is 5.79. The minimum absolute atomic E-state index is 0.416. The molecule has 5 heteroatoms. The molecule has 0 bridgehead atoms. The molecule has 1 fully saturated rings. The van der Waals surface area contributed by atoms with Crippen molar-refractivity contribution in [3.63, 3.8) is 0 Å². The van der Waals surface area contributed by atoms with Crippen molar-refractivity contribution in [1.29, 1.82) is 0 Å². The molecule has 20 heavy (non-hydrogen) atoms. The molecule has 2 unspecified atom stereocenters. The molecule has 0 amide bonds. The van der Waals surface area contributed by atoms with Gasteiger partial charge in [-0.15, -0.1) is 0 Å². The molecule has 0 aliphatic heterocycles. The predicted molar refractivity (Wildman–Crippen MR) is 76.9 cm³/mol. The van der Waals surface area contributed by atoms with Gasteiger partial charge < -0.3 is 10.1 Å². The van der Waals surface area contributed by atoms with Crippen molar-refractivity contribution in [2.24, 2.45) is 5.92 Å². The summed E-state index contributed by atoms with van der Waals surface area (Å²) in [7, 11) is 0. The maximum Gasteiger partial charge on any atom is 0.298 e. The van der Waals surface area contributed by atoms with E-state index in [9.17, 15) is 4.79 Å². The van der Waals surface area contributed by atoms with Gasteiger partial charge in [0, 0.05) is 12.2 Å². The summed E-state index contributed by atoms with van der Waals surface area (Å²) in [5.41, 5.74) is 1.79. The van der Waals surface area contributed by atoms with Crippen LogP contribution in [0.1, 0.15) is 32.6 Å². The number of rotatable bonds is 4. The second-order valence-corrected chi connectivity index (χ2v) is 5.45. The van der Waals surface area contributed by atoms with Gasteiger partial charge >= 0.3 is 0 Å². The fourth-order valence-corrected chi connectivity index (χ4v) is 2.98. The number of aromatic nitrogens is 2. The average molecular weight is 273 g/mol. The Labute approximate surface area is 117 Å². The van der Waals surface area contributed by atoms with Crippen LogP contribution in [-0.4, -0.2) is 22.1 Å². The summed E-state index contributed by atoms with van der Waals surface area (Å²) in [6.45, 7) is 2.72. The van der Waals surface area contributed by atoms with Crippen molar-refractivity contribution in [1.82, 2.24) is 9.61 Å². The van der Waals surface area contributed by atoms with Crippen LogP contribution in [0.15, 0.2) is 24.5 Å². The van der Waals surface area contributed by atoms with E-state index in [1.807, 2.05) is 18.3 Å². The molecule has 1 aliphatic rings. The molecule has 1 N–H and O–H groups in total. The standard InChI is InChI=1S/C15H19N3O2/c1-11-5-2-3-6-12(11)17-15-13-7-4-8-18(13)16-9-14(15)20-10-19/h4,7-12,17H,2-3,5-6H2,1H3. The number of hydrogen-bond acceptors (Lipinski definition) is 4.